The van der Waals surface area contributed by atoms with Gasteiger partial charge in [0, 0.05) is 22.2 Å². The van der Waals surface area contributed by atoms with Gasteiger partial charge in [0.05, 0.1) is 5.56 Å². The lowest BCUT2D eigenvalue weighted by molar-refractivity contribution is -0.139. The molecule has 0 radical (unpaired) electrons. The van der Waals surface area contributed by atoms with E-state index in [2.05, 4.69) is 4.98 Å². The first-order valence-electron chi connectivity index (χ1n) is 6.07. The van der Waals surface area contributed by atoms with E-state index in [4.69, 9.17) is 0 Å². The van der Waals surface area contributed by atoms with Gasteiger partial charge in [0.25, 0.3) is 0 Å². The fourth-order valence-electron chi connectivity index (χ4n) is 2.26. The van der Waals surface area contributed by atoms with Gasteiger partial charge in [-0.3, -0.25) is 0 Å². The van der Waals surface area contributed by atoms with Crippen LogP contribution in [0.15, 0.2) is 0 Å². The van der Waals surface area contributed by atoms with Crippen molar-refractivity contribution in [2.24, 2.45) is 0 Å². The number of nitrogens with one attached hydrogen (secondary N) is 1. The zero-order valence-corrected chi connectivity index (χ0v) is 12.1. The Morgan fingerprint density at radius 1 is 0.778 bits per heavy atom. The maximum absolute atomic E-state index is 13.2. The Labute approximate surface area is 107 Å². The Bertz CT molecular complexity index is 439. The van der Waals surface area contributed by atoms with Crippen LogP contribution < -0.4 is 0 Å². The summed E-state index contributed by atoms with van der Waals surface area (Å²) in [6, 6.07) is 0. The van der Waals surface area contributed by atoms with Crippen molar-refractivity contribution in [1.82, 2.24) is 4.98 Å². The topological polar surface area (TPSA) is 15.8 Å². The molecule has 1 heterocycles. The first-order chi connectivity index (χ1) is 7.76. The SMILES string of the molecule is Cc1c(C(C)(C)C)[nH]c(C(C)(C)C)c1C(F)(F)F. The summed E-state index contributed by atoms with van der Waals surface area (Å²) >= 11 is 0. The van der Waals surface area contributed by atoms with Crippen LogP contribution in [0.5, 0.6) is 0 Å². The molecule has 0 aliphatic heterocycles. The molecule has 0 aromatic carbocycles. The monoisotopic (exact) mass is 261 g/mol. The quantitative estimate of drug-likeness (QED) is 0.681. The summed E-state index contributed by atoms with van der Waals surface area (Å²) in [6.45, 7) is 12.7. The van der Waals surface area contributed by atoms with Gasteiger partial charge in [0.15, 0.2) is 0 Å². The van der Waals surface area contributed by atoms with Crippen molar-refractivity contribution in [3.8, 4) is 0 Å². The molecule has 0 saturated heterocycles. The van der Waals surface area contributed by atoms with Crippen LogP contribution in [0.25, 0.3) is 0 Å². The van der Waals surface area contributed by atoms with Gasteiger partial charge >= 0.3 is 6.18 Å². The van der Waals surface area contributed by atoms with Crippen molar-refractivity contribution in [2.45, 2.75) is 65.5 Å². The van der Waals surface area contributed by atoms with Crippen molar-refractivity contribution in [3.63, 3.8) is 0 Å². The third-order valence-electron chi connectivity index (χ3n) is 3.03. The lowest BCUT2D eigenvalue weighted by atomic mass is 9.87. The summed E-state index contributed by atoms with van der Waals surface area (Å²) in [4.78, 5) is 3.02. The first-order valence-corrected chi connectivity index (χ1v) is 6.07. The molecule has 18 heavy (non-hydrogen) atoms. The normalized spacial score (nSPS) is 14.1. The molecule has 0 amide bonds. The number of hydrogen-bond donors (Lipinski definition) is 1. The molecule has 1 nitrogen and oxygen atoms in total. The highest BCUT2D eigenvalue weighted by Crippen LogP contribution is 2.42. The number of aromatic amines is 1. The smallest absolute Gasteiger partial charge is 0.361 e. The second-order valence-electron chi connectivity index (χ2n) is 6.87. The highest BCUT2D eigenvalue weighted by molar-refractivity contribution is 5.43. The maximum atomic E-state index is 13.2. The third-order valence-corrected chi connectivity index (χ3v) is 3.03. The summed E-state index contributed by atoms with van der Waals surface area (Å²) < 4.78 is 39.7. The highest BCUT2D eigenvalue weighted by atomic mass is 19.4. The summed E-state index contributed by atoms with van der Waals surface area (Å²) in [6.07, 6.45) is -4.31. The van der Waals surface area contributed by atoms with Crippen LogP contribution in [-0.4, -0.2) is 4.98 Å². The van der Waals surface area contributed by atoms with Crippen LogP contribution in [0.2, 0.25) is 0 Å². The number of H-pyrrole nitrogens is 1. The zero-order chi connectivity index (χ0) is 14.5. The van der Waals surface area contributed by atoms with Gasteiger partial charge in [0.1, 0.15) is 0 Å². The number of alkyl halides is 3. The zero-order valence-electron chi connectivity index (χ0n) is 12.1. The predicted molar refractivity (Wildman–Crippen MR) is 67.9 cm³/mol. The van der Waals surface area contributed by atoms with Gasteiger partial charge in [-0.05, 0) is 12.5 Å². The molecule has 0 saturated carbocycles. The molecule has 0 atom stereocenters. The molecule has 1 aromatic heterocycles. The van der Waals surface area contributed by atoms with Gasteiger partial charge in [-0.1, -0.05) is 41.5 Å². The van der Waals surface area contributed by atoms with Crippen LogP contribution >= 0.6 is 0 Å². The average molecular weight is 261 g/mol. The molecule has 0 bridgehead atoms. The van der Waals surface area contributed by atoms with E-state index < -0.39 is 17.2 Å². The second kappa shape index (κ2) is 4.04. The Morgan fingerprint density at radius 2 is 1.17 bits per heavy atom. The molecule has 1 N–H and O–H groups in total. The van der Waals surface area contributed by atoms with E-state index in [0.717, 1.165) is 0 Å². The third kappa shape index (κ3) is 2.73. The van der Waals surface area contributed by atoms with Gasteiger partial charge < -0.3 is 4.98 Å². The van der Waals surface area contributed by atoms with Crippen LogP contribution in [0, 0.1) is 6.92 Å². The van der Waals surface area contributed by atoms with Gasteiger partial charge in [0.2, 0.25) is 0 Å². The average Bonchev–Trinajstić information content (AvgIpc) is 2.39. The standard InChI is InChI=1S/C14H22F3N/c1-8-9(14(15,16)17)11(13(5,6)7)18-10(8)12(2,3)4/h18H,1-7H3. The molecule has 0 aliphatic carbocycles. The number of rotatable bonds is 0. The van der Waals surface area contributed by atoms with E-state index in [1.165, 1.54) is 0 Å². The molecule has 1 aromatic rings. The summed E-state index contributed by atoms with van der Waals surface area (Å²) in [5.41, 5.74) is -0.121. The van der Waals surface area contributed by atoms with Gasteiger partial charge in [-0.25, -0.2) is 0 Å². The minimum Gasteiger partial charge on any atom is -0.361 e. The summed E-state index contributed by atoms with van der Waals surface area (Å²) in [7, 11) is 0. The highest BCUT2D eigenvalue weighted by Gasteiger charge is 2.41. The summed E-state index contributed by atoms with van der Waals surface area (Å²) in [5.74, 6) is 0. The lowest BCUT2D eigenvalue weighted by Gasteiger charge is -2.21. The van der Waals surface area contributed by atoms with Crippen molar-refractivity contribution in [3.05, 3.63) is 22.5 Å². The van der Waals surface area contributed by atoms with Crippen molar-refractivity contribution in [1.29, 1.82) is 0 Å². The lowest BCUT2D eigenvalue weighted by Crippen LogP contribution is -2.19. The van der Waals surface area contributed by atoms with E-state index in [9.17, 15) is 13.2 Å². The molecule has 1 rings (SSSR count). The molecule has 0 spiro atoms. The predicted octanol–water partition coefficient (Wildman–Crippen LogP) is 4.94. The molecule has 4 heteroatoms. The Hall–Kier alpha value is -0.930. The number of aromatic nitrogens is 1. The van der Waals surface area contributed by atoms with Gasteiger partial charge in [-0.15, -0.1) is 0 Å². The van der Waals surface area contributed by atoms with Gasteiger partial charge in [-0.2, -0.15) is 13.2 Å². The minimum atomic E-state index is -4.31. The number of halogens is 3. The van der Waals surface area contributed by atoms with E-state index in [-0.39, 0.29) is 11.1 Å². The Morgan fingerprint density at radius 3 is 1.39 bits per heavy atom. The fourth-order valence-corrected chi connectivity index (χ4v) is 2.26. The molecule has 0 unspecified atom stereocenters. The largest absolute Gasteiger partial charge is 0.418 e. The summed E-state index contributed by atoms with van der Waals surface area (Å²) in [5, 5.41) is 0. The van der Waals surface area contributed by atoms with Crippen LogP contribution in [0.4, 0.5) is 13.2 Å². The molecular formula is C14H22F3N. The first kappa shape index (κ1) is 15.1. The van der Waals surface area contributed by atoms with Crippen molar-refractivity contribution >= 4 is 0 Å². The Kier molecular flexibility index (Phi) is 3.39. The van der Waals surface area contributed by atoms with E-state index in [1.54, 1.807) is 27.7 Å². The van der Waals surface area contributed by atoms with E-state index in [0.29, 0.717) is 11.3 Å². The van der Waals surface area contributed by atoms with E-state index in [1.807, 2.05) is 20.8 Å². The number of hydrogen-bond acceptors (Lipinski definition) is 0. The Balaban J connectivity index is 3.63. The maximum Gasteiger partial charge on any atom is 0.418 e. The van der Waals surface area contributed by atoms with Crippen LogP contribution in [0.3, 0.4) is 0 Å². The minimum absolute atomic E-state index is 0.275. The molecule has 0 aliphatic rings. The van der Waals surface area contributed by atoms with Crippen LogP contribution in [-0.2, 0) is 17.0 Å². The molecule has 0 fully saturated rings. The van der Waals surface area contributed by atoms with Crippen LogP contribution in [0.1, 0.15) is 64.1 Å². The van der Waals surface area contributed by atoms with Crippen molar-refractivity contribution < 1.29 is 13.2 Å². The second-order valence-corrected chi connectivity index (χ2v) is 6.87. The fraction of sp³-hybridized carbons (Fsp3) is 0.714. The van der Waals surface area contributed by atoms with E-state index >= 15 is 0 Å². The molecular weight excluding hydrogens is 239 g/mol. The molecule has 104 valence electrons. The van der Waals surface area contributed by atoms with Crippen molar-refractivity contribution in [2.75, 3.05) is 0 Å².